The van der Waals surface area contributed by atoms with Crippen LogP contribution in [0.2, 0.25) is 0 Å². The quantitative estimate of drug-likeness (QED) is 0.161. The number of hydrogen-bond acceptors (Lipinski definition) is 7. The molecule has 0 radical (unpaired) electrons. The number of halogens is 1. The Balaban J connectivity index is 1.37. The summed E-state index contributed by atoms with van der Waals surface area (Å²) < 4.78 is 8.95. The van der Waals surface area contributed by atoms with Crippen LogP contribution in [-0.4, -0.2) is 39.2 Å². The lowest BCUT2D eigenvalue weighted by Crippen LogP contribution is -2.37. The Hall–Kier alpha value is -5.40. The van der Waals surface area contributed by atoms with Gasteiger partial charge in [0, 0.05) is 53.5 Å². The Morgan fingerprint density at radius 2 is 1.60 bits per heavy atom. The zero-order chi connectivity index (χ0) is 32.7. The van der Waals surface area contributed by atoms with Gasteiger partial charge in [0.05, 0.1) is 11.9 Å². The second kappa shape index (κ2) is 12.4. The van der Waals surface area contributed by atoms with Crippen molar-refractivity contribution < 1.29 is 0 Å². The molecule has 0 spiro atoms. The smallest absolute Gasteiger partial charge is 0.303 e. The van der Waals surface area contributed by atoms with E-state index in [1.807, 2.05) is 85.9 Å². The first-order valence-corrected chi connectivity index (χ1v) is 16.4. The molecule has 0 unspecified atom stereocenters. The Morgan fingerprint density at radius 1 is 0.894 bits per heavy atom. The standard InChI is InChI=1S/C34H28BrN9O2S/c1-4-42-29-30(40(2)34(46)41(3)31(29)45)37-32(42)43-20-24(28(39-43)23-11-7-5-8-12-23)19-36-38-33-44(26-13-9-6-10-14-26)27(21-47-33)22-15-17-25(35)18-16-22/h5-21H,4H2,1-3H3/b36-19+,38-33-. The molecule has 0 aliphatic carbocycles. The number of fused-ring (bicyclic) bond motifs is 1. The Bertz CT molecular complexity index is 2470. The van der Waals surface area contributed by atoms with Crippen molar-refractivity contribution in [3.63, 3.8) is 0 Å². The van der Waals surface area contributed by atoms with Crippen LogP contribution in [0.4, 0.5) is 0 Å². The molecule has 0 saturated heterocycles. The summed E-state index contributed by atoms with van der Waals surface area (Å²) in [4.78, 5) is 31.2. The monoisotopic (exact) mass is 705 g/mol. The molecule has 0 saturated carbocycles. The molecule has 234 valence electrons. The van der Waals surface area contributed by atoms with Gasteiger partial charge in [0.2, 0.25) is 10.7 Å². The lowest BCUT2D eigenvalue weighted by molar-refractivity contribution is 0.687. The van der Waals surface area contributed by atoms with Crippen LogP contribution in [0.1, 0.15) is 12.5 Å². The summed E-state index contributed by atoms with van der Waals surface area (Å²) >= 11 is 5.03. The summed E-state index contributed by atoms with van der Waals surface area (Å²) in [5, 5.41) is 16.2. The molecule has 3 aromatic carbocycles. The van der Waals surface area contributed by atoms with E-state index in [1.165, 1.54) is 23.0 Å². The van der Waals surface area contributed by atoms with Crippen molar-refractivity contribution in [2.75, 3.05) is 0 Å². The van der Waals surface area contributed by atoms with E-state index >= 15 is 0 Å². The molecule has 13 heteroatoms. The molecule has 0 bridgehead atoms. The van der Waals surface area contributed by atoms with Gasteiger partial charge in [-0.1, -0.05) is 76.6 Å². The Labute approximate surface area is 280 Å². The first-order chi connectivity index (χ1) is 22.9. The van der Waals surface area contributed by atoms with Crippen LogP contribution in [0, 0.1) is 0 Å². The number of thiazole rings is 1. The minimum atomic E-state index is -0.445. The largest absolute Gasteiger partial charge is 0.332 e. The zero-order valence-electron chi connectivity index (χ0n) is 25.6. The van der Waals surface area contributed by atoms with Crippen molar-refractivity contribution in [3.05, 3.63) is 132 Å². The van der Waals surface area contributed by atoms with Crippen LogP contribution in [-0.2, 0) is 20.6 Å². The maximum absolute atomic E-state index is 13.2. The number of rotatable bonds is 7. The summed E-state index contributed by atoms with van der Waals surface area (Å²) in [5.41, 5.74) is 5.04. The van der Waals surface area contributed by atoms with Gasteiger partial charge in [0.1, 0.15) is 5.69 Å². The molecule has 4 aromatic heterocycles. The zero-order valence-corrected chi connectivity index (χ0v) is 28.1. The normalized spacial score (nSPS) is 12.1. The fourth-order valence-corrected chi connectivity index (χ4v) is 6.61. The molecule has 0 aliphatic rings. The van der Waals surface area contributed by atoms with Gasteiger partial charge in [-0.25, -0.2) is 9.48 Å². The summed E-state index contributed by atoms with van der Waals surface area (Å²) in [7, 11) is 3.07. The van der Waals surface area contributed by atoms with Crippen LogP contribution in [0.15, 0.2) is 121 Å². The van der Waals surface area contributed by atoms with E-state index in [-0.39, 0.29) is 0 Å². The van der Waals surface area contributed by atoms with Crippen LogP contribution in [0.3, 0.4) is 0 Å². The molecule has 0 aliphatic heterocycles. The van der Waals surface area contributed by atoms with Crippen molar-refractivity contribution >= 4 is 44.6 Å². The van der Waals surface area contributed by atoms with Gasteiger partial charge in [-0.15, -0.1) is 16.4 Å². The second-order valence-electron chi connectivity index (χ2n) is 10.7. The molecular formula is C34H28BrN9O2S. The van der Waals surface area contributed by atoms with Gasteiger partial charge in [-0.05, 0) is 36.8 Å². The van der Waals surface area contributed by atoms with E-state index in [0.29, 0.717) is 39.7 Å². The molecule has 0 amide bonds. The molecule has 11 nitrogen and oxygen atoms in total. The summed E-state index contributed by atoms with van der Waals surface area (Å²) in [6.07, 6.45) is 3.48. The second-order valence-corrected chi connectivity index (χ2v) is 12.5. The lowest BCUT2D eigenvalue weighted by Gasteiger charge is -2.09. The van der Waals surface area contributed by atoms with Gasteiger partial charge in [-0.3, -0.25) is 18.5 Å². The maximum atomic E-state index is 13.2. The van der Waals surface area contributed by atoms with E-state index in [9.17, 15) is 9.59 Å². The van der Waals surface area contributed by atoms with Crippen molar-refractivity contribution in [1.82, 2.24) is 33.0 Å². The van der Waals surface area contributed by atoms with Crippen molar-refractivity contribution in [2.45, 2.75) is 13.5 Å². The fraction of sp³-hybridized carbons (Fsp3) is 0.118. The minimum Gasteiger partial charge on any atom is -0.303 e. The summed E-state index contributed by atoms with van der Waals surface area (Å²) in [5.74, 6) is 0.411. The van der Waals surface area contributed by atoms with Gasteiger partial charge in [-0.2, -0.15) is 15.2 Å². The Morgan fingerprint density at radius 3 is 2.30 bits per heavy atom. The van der Waals surface area contributed by atoms with E-state index in [0.717, 1.165) is 31.5 Å². The number of hydrogen-bond donors (Lipinski definition) is 0. The molecular weight excluding hydrogens is 678 g/mol. The van der Waals surface area contributed by atoms with E-state index in [4.69, 9.17) is 10.1 Å². The van der Waals surface area contributed by atoms with Gasteiger partial charge in [0.25, 0.3) is 5.56 Å². The van der Waals surface area contributed by atoms with E-state index in [2.05, 4.69) is 48.2 Å². The number of aryl methyl sites for hydroxylation is 2. The average molecular weight is 707 g/mol. The lowest BCUT2D eigenvalue weighted by atomic mass is 10.1. The molecule has 7 aromatic rings. The molecule has 7 rings (SSSR count). The van der Waals surface area contributed by atoms with E-state index < -0.39 is 11.2 Å². The van der Waals surface area contributed by atoms with Gasteiger partial charge < -0.3 is 4.57 Å². The molecule has 0 atom stereocenters. The highest BCUT2D eigenvalue weighted by Gasteiger charge is 2.21. The molecule has 47 heavy (non-hydrogen) atoms. The first-order valence-electron chi connectivity index (χ1n) is 14.8. The highest BCUT2D eigenvalue weighted by molar-refractivity contribution is 9.10. The van der Waals surface area contributed by atoms with E-state index in [1.54, 1.807) is 22.5 Å². The summed E-state index contributed by atoms with van der Waals surface area (Å²) in [6, 6.07) is 28.0. The third-order valence-electron chi connectivity index (χ3n) is 7.84. The molecule has 4 heterocycles. The predicted octanol–water partition coefficient (Wildman–Crippen LogP) is 5.52. The number of nitrogens with zero attached hydrogens (tertiary/aromatic N) is 9. The Kier molecular flexibility index (Phi) is 8.00. The predicted molar refractivity (Wildman–Crippen MR) is 188 cm³/mol. The van der Waals surface area contributed by atoms with Crippen LogP contribution in [0.5, 0.6) is 0 Å². The van der Waals surface area contributed by atoms with Gasteiger partial charge in [0.15, 0.2) is 11.2 Å². The van der Waals surface area contributed by atoms with Crippen molar-refractivity contribution in [2.24, 2.45) is 24.3 Å². The third-order valence-corrected chi connectivity index (χ3v) is 9.19. The molecule has 0 fully saturated rings. The average Bonchev–Trinajstić information content (AvgIpc) is 3.83. The number of aromatic nitrogens is 7. The highest BCUT2D eigenvalue weighted by atomic mass is 79.9. The number of benzene rings is 3. The fourth-order valence-electron chi connectivity index (χ4n) is 5.48. The van der Waals surface area contributed by atoms with Crippen molar-refractivity contribution in [1.29, 1.82) is 0 Å². The third kappa shape index (κ3) is 5.42. The minimum absolute atomic E-state index is 0.293. The van der Waals surface area contributed by atoms with Crippen LogP contribution >= 0.6 is 27.3 Å². The topological polar surface area (TPSA) is 109 Å². The maximum Gasteiger partial charge on any atom is 0.332 e. The number of imidazole rings is 1. The highest BCUT2D eigenvalue weighted by Crippen LogP contribution is 2.26. The van der Waals surface area contributed by atoms with Crippen molar-refractivity contribution in [3.8, 4) is 34.2 Å². The summed E-state index contributed by atoms with van der Waals surface area (Å²) in [6.45, 7) is 2.36. The molecule has 0 N–H and O–H groups in total. The van der Waals surface area contributed by atoms with Crippen LogP contribution < -0.4 is 16.1 Å². The first kappa shape index (κ1) is 30.3. The van der Waals surface area contributed by atoms with Gasteiger partial charge >= 0.3 is 5.69 Å². The van der Waals surface area contributed by atoms with Crippen LogP contribution in [0.25, 0.3) is 45.3 Å². The number of para-hydroxylation sites is 1. The SMILES string of the molecule is CCn1c(-n2cc(/C=N/N=c3\scc(-c4ccc(Br)cc4)n3-c3ccccc3)c(-c3ccccc3)n2)nc2c1c(=O)n(C)c(=O)n2C.